The van der Waals surface area contributed by atoms with Gasteiger partial charge in [0.2, 0.25) is 0 Å². The van der Waals surface area contributed by atoms with E-state index in [1.807, 2.05) is 0 Å². The maximum Gasteiger partial charge on any atom is 0.308 e. The summed E-state index contributed by atoms with van der Waals surface area (Å²) in [6, 6.07) is 4.15. The number of esters is 1. The molecule has 1 aromatic carbocycles. The number of benzene rings is 1. The minimum absolute atomic E-state index is 0.0285. The minimum Gasteiger partial charge on any atom is -0.426 e. The standard InChI is InChI=1S/C22H32O3/c1-13(2)15-10-16-17(11-19(15)25-14(3)23)22(6)9-7-8-21(4,5)20(22)12-18(16)24/h10-11,13,18,20,24H,7-9,12H2,1-6H3/t18-,20-,22+/m0/s1. The smallest absolute Gasteiger partial charge is 0.308 e. The van der Waals surface area contributed by atoms with E-state index in [0.29, 0.717) is 11.7 Å². The van der Waals surface area contributed by atoms with Gasteiger partial charge in [-0.05, 0) is 70.8 Å². The highest BCUT2D eigenvalue weighted by molar-refractivity contribution is 5.70. The number of fused-ring (bicyclic) bond motifs is 3. The molecule has 1 saturated carbocycles. The molecular formula is C22H32O3. The van der Waals surface area contributed by atoms with Crippen molar-refractivity contribution >= 4 is 5.97 Å². The van der Waals surface area contributed by atoms with Crippen LogP contribution in [0.3, 0.4) is 0 Å². The van der Waals surface area contributed by atoms with E-state index in [0.717, 1.165) is 24.0 Å². The summed E-state index contributed by atoms with van der Waals surface area (Å²) in [5.74, 6) is 1.05. The van der Waals surface area contributed by atoms with E-state index in [2.05, 4.69) is 46.8 Å². The number of carbonyl (C=O) groups excluding carboxylic acids is 1. The van der Waals surface area contributed by atoms with Gasteiger partial charge in [0.1, 0.15) is 5.75 Å². The lowest BCUT2D eigenvalue weighted by Crippen LogP contribution is -2.48. The number of ether oxygens (including phenoxy) is 1. The summed E-state index contributed by atoms with van der Waals surface area (Å²) in [5, 5.41) is 10.9. The Morgan fingerprint density at radius 3 is 2.52 bits per heavy atom. The molecule has 2 aliphatic rings. The van der Waals surface area contributed by atoms with Gasteiger partial charge in [-0.3, -0.25) is 4.79 Å². The van der Waals surface area contributed by atoms with Crippen molar-refractivity contribution in [1.82, 2.24) is 0 Å². The molecule has 0 aliphatic heterocycles. The molecule has 0 amide bonds. The number of aliphatic hydroxyl groups excluding tert-OH is 1. The number of rotatable bonds is 2. The van der Waals surface area contributed by atoms with Crippen LogP contribution in [-0.2, 0) is 10.2 Å². The van der Waals surface area contributed by atoms with Crippen molar-refractivity contribution in [3.63, 3.8) is 0 Å². The van der Waals surface area contributed by atoms with Gasteiger partial charge in [-0.25, -0.2) is 0 Å². The Balaban J connectivity index is 2.19. The molecule has 138 valence electrons. The summed E-state index contributed by atoms with van der Waals surface area (Å²) in [4.78, 5) is 11.6. The molecule has 2 aliphatic carbocycles. The number of hydrogen-bond donors (Lipinski definition) is 1. The quantitative estimate of drug-likeness (QED) is 0.588. The second kappa shape index (κ2) is 6.12. The summed E-state index contributed by atoms with van der Waals surface area (Å²) in [6.07, 6.45) is 3.91. The average molecular weight is 344 g/mol. The summed E-state index contributed by atoms with van der Waals surface area (Å²) < 4.78 is 5.56. The Morgan fingerprint density at radius 2 is 1.92 bits per heavy atom. The Kier molecular flexibility index (Phi) is 4.51. The maximum absolute atomic E-state index is 11.6. The van der Waals surface area contributed by atoms with E-state index in [-0.39, 0.29) is 22.7 Å². The molecule has 0 unspecified atom stereocenters. The van der Waals surface area contributed by atoms with Gasteiger partial charge in [-0.1, -0.05) is 41.0 Å². The summed E-state index contributed by atoms with van der Waals surface area (Å²) >= 11 is 0. The third-order valence-electron chi connectivity index (χ3n) is 6.72. The van der Waals surface area contributed by atoms with E-state index in [9.17, 15) is 9.90 Å². The molecule has 0 aromatic heterocycles. The van der Waals surface area contributed by atoms with Gasteiger partial charge in [0.15, 0.2) is 0 Å². The first-order valence-electron chi connectivity index (χ1n) is 9.61. The average Bonchev–Trinajstić information content (AvgIpc) is 2.48. The van der Waals surface area contributed by atoms with E-state index >= 15 is 0 Å². The van der Waals surface area contributed by atoms with Crippen molar-refractivity contribution < 1.29 is 14.6 Å². The van der Waals surface area contributed by atoms with Crippen molar-refractivity contribution in [2.24, 2.45) is 11.3 Å². The van der Waals surface area contributed by atoms with Crippen molar-refractivity contribution in [1.29, 1.82) is 0 Å². The Morgan fingerprint density at radius 1 is 1.24 bits per heavy atom. The maximum atomic E-state index is 11.6. The first-order valence-corrected chi connectivity index (χ1v) is 9.61. The molecule has 1 fully saturated rings. The van der Waals surface area contributed by atoms with Crippen molar-refractivity contribution in [3.05, 3.63) is 28.8 Å². The number of hydrogen-bond acceptors (Lipinski definition) is 3. The first-order chi connectivity index (χ1) is 11.6. The second-order valence-corrected chi connectivity index (χ2v) is 9.29. The third-order valence-corrected chi connectivity index (χ3v) is 6.72. The monoisotopic (exact) mass is 344 g/mol. The molecule has 3 atom stereocenters. The molecule has 0 bridgehead atoms. The Hall–Kier alpha value is -1.35. The first kappa shape index (κ1) is 18.4. The van der Waals surface area contributed by atoms with Crippen LogP contribution >= 0.6 is 0 Å². The molecule has 3 nitrogen and oxygen atoms in total. The highest BCUT2D eigenvalue weighted by atomic mass is 16.5. The van der Waals surface area contributed by atoms with Gasteiger partial charge in [0.25, 0.3) is 0 Å². The van der Waals surface area contributed by atoms with Gasteiger partial charge < -0.3 is 9.84 Å². The van der Waals surface area contributed by atoms with E-state index in [1.54, 1.807) is 0 Å². The fourth-order valence-electron chi connectivity index (χ4n) is 5.45. The van der Waals surface area contributed by atoms with Gasteiger partial charge in [0.05, 0.1) is 6.10 Å². The molecular weight excluding hydrogens is 312 g/mol. The molecule has 3 heteroatoms. The van der Waals surface area contributed by atoms with Crippen LogP contribution < -0.4 is 4.74 Å². The fourth-order valence-corrected chi connectivity index (χ4v) is 5.45. The number of carbonyl (C=O) groups is 1. The highest BCUT2D eigenvalue weighted by Crippen LogP contribution is 2.59. The van der Waals surface area contributed by atoms with Gasteiger partial charge >= 0.3 is 5.97 Å². The fraction of sp³-hybridized carbons (Fsp3) is 0.682. The van der Waals surface area contributed by atoms with E-state index in [4.69, 9.17) is 4.74 Å². The zero-order chi connectivity index (χ0) is 18.6. The summed E-state index contributed by atoms with van der Waals surface area (Å²) in [6.45, 7) is 12.7. The van der Waals surface area contributed by atoms with Crippen LogP contribution in [0.25, 0.3) is 0 Å². The van der Waals surface area contributed by atoms with Crippen molar-refractivity contribution in [2.45, 2.75) is 84.7 Å². The molecule has 0 saturated heterocycles. The summed E-state index contributed by atoms with van der Waals surface area (Å²) in [5.41, 5.74) is 3.47. The van der Waals surface area contributed by atoms with Gasteiger partial charge in [0, 0.05) is 6.92 Å². The minimum atomic E-state index is -0.436. The number of aliphatic hydroxyl groups is 1. The molecule has 0 spiro atoms. The molecule has 25 heavy (non-hydrogen) atoms. The SMILES string of the molecule is CC(=O)Oc1cc2c(cc1C(C)C)[C@@H](O)C[C@H]1C(C)(C)CCC[C@]21C. The van der Waals surface area contributed by atoms with Crippen LogP contribution in [0, 0.1) is 11.3 Å². The summed E-state index contributed by atoms with van der Waals surface area (Å²) in [7, 11) is 0. The lowest BCUT2D eigenvalue weighted by atomic mass is 9.50. The highest BCUT2D eigenvalue weighted by Gasteiger charge is 2.52. The molecule has 1 N–H and O–H groups in total. The van der Waals surface area contributed by atoms with Crippen LogP contribution in [-0.4, -0.2) is 11.1 Å². The largest absolute Gasteiger partial charge is 0.426 e. The molecule has 1 aromatic rings. The third kappa shape index (κ3) is 3.01. The van der Waals surface area contributed by atoms with E-state index < -0.39 is 6.10 Å². The van der Waals surface area contributed by atoms with Crippen molar-refractivity contribution in [2.75, 3.05) is 0 Å². The van der Waals surface area contributed by atoms with Crippen LogP contribution in [0.2, 0.25) is 0 Å². The van der Waals surface area contributed by atoms with Crippen LogP contribution in [0.5, 0.6) is 5.75 Å². The van der Waals surface area contributed by atoms with Crippen LogP contribution in [0.1, 0.15) is 95.9 Å². The Bertz CT molecular complexity index is 689. The van der Waals surface area contributed by atoms with E-state index in [1.165, 1.54) is 25.3 Å². The van der Waals surface area contributed by atoms with Crippen LogP contribution in [0.4, 0.5) is 0 Å². The zero-order valence-corrected chi connectivity index (χ0v) is 16.5. The zero-order valence-electron chi connectivity index (χ0n) is 16.5. The molecule has 3 rings (SSSR count). The predicted octanol–water partition coefficient (Wildman–Crippen LogP) is 5.26. The Labute approximate surface area is 151 Å². The molecule has 0 radical (unpaired) electrons. The topological polar surface area (TPSA) is 46.5 Å². The van der Waals surface area contributed by atoms with Crippen molar-refractivity contribution in [3.8, 4) is 5.75 Å². The van der Waals surface area contributed by atoms with Crippen LogP contribution in [0.15, 0.2) is 12.1 Å². The lowest BCUT2D eigenvalue weighted by Gasteiger charge is -2.55. The normalized spacial score (nSPS) is 30.6. The van der Waals surface area contributed by atoms with Gasteiger partial charge in [-0.2, -0.15) is 0 Å². The second-order valence-electron chi connectivity index (χ2n) is 9.29. The van der Waals surface area contributed by atoms with Gasteiger partial charge in [-0.15, -0.1) is 0 Å². The predicted molar refractivity (Wildman–Crippen MR) is 99.9 cm³/mol. The lowest BCUT2D eigenvalue weighted by molar-refractivity contribution is -0.131. The molecule has 0 heterocycles.